The maximum atomic E-state index is 11.8. The average Bonchev–Trinajstić information content (AvgIpc) is 2.47. The van der Waals surface area contributed by atoms with Gasteiger partial charge >= 0.3 is 5.97 Å². The molecule has 3 heteroatoms. The molecule has 2 rings (SSSR count). The summed E-state index contributed by atoms with van der Waals surface area (Å²) in [5.41, 5.74) is 2.76. The summed E-state index contributed by atoms with van der Waals surface area (Å²) in [7, 11) is 0. The second-order valence-electron chi connectivity index (χ2n) is 4.07. The quantitative estimate of drug-likeness (QED) is 0.617. The van der Waals surface area contributed by atoms with Gasteiger partial charge in [-0.25, -0.2) is 0 Å². The van der Waals surface area contributed by atoms with Gasteiger partial charge in [-0.3, -0.25) is 4.79 Å². The summed E-state index contributed by atoms with van der Waals surface area (Å²) in [6.07, 6.45) is 0. The van der Waals surface area contributed by atoms with Crippen molar-refractivity contribution in [2.45, 2.75) is 12.3 Å². The van der Waals surface area contributed by atoms with Crippen molar-refractivity contribution < 1.29 is 9.53 Å². The molecular formula is C16H15ClO2. The van der Waals surface area contributed by atoms with Gasteiger partial charge in [-0.2, -0.15) is 0 Å². The number of alkyl halides is 1. The van der Waals surface area contributed by atoms with E-state index in [1.54, 1.807) is 6.92 Å². The third-order valence-corrected chi connectivity index (χ3v) is 3.23. The van der Waals surface area contributed by atoms with Crippen molar-refractivity contribution in [1.82, 2.24) is 0 Å². The molecule has 0 aliphatic heterocycles. The number of hydrogen-bond acceptors (Lipinski definition) is 2. The Morgan fingerprint density at radius 2 is 1.74 bits per heavy atom. The van der Waals surface area contributed by atoms with Gasteiger partial charge in [-0.15, -0.1) is 11.6 Å². The Hall–Kier alpha value is -1.80. The minimum absolute atomic E-state index is 0.329. The van der Waals surface area contributed by atoms with Gasteiger partial charge in [0.2, 0.25) is 0 Å². The van der Waals surface area contributed by atoms with Crippen molar-refractivity contribution in [3.8, 4) is 11.1 Å². The van der Waals surface area contributed by atoms with E-state index in [1.165, 1.54) is 0 Å². The molecule has 0 fully saturated rings. The number of benzene rings is 2. The molecule has 0 unspecified atom stereocenters. The Balaban J connectivity index is 2.39. The molecule has 0 N–H and O–H groups in total. The minimum Gasteiger partial charge on any atom is -0.465 e. The van der Waals surface area contributed by atoms with E-state index in [0.717, 1.165) is 16.7 Å². The van der Waals surface area contributed by atoms with Gasteiger partial charge in [0, 0.05) is 0 Å². The molecule has 0 saturated heterocycles. The summed E-state index contributed by atoms with van der Waals surface area (Å²) in [5.74, 6) is -0.410. The van der Waals surface area contributed by atoms with Crippen LogP contribution in [0.25, 0.3) is 11.1 Å². The van der Waals surface area contributed by atoms with Crippen molar-refractivity contribution in [3.63, 3.8) is 0 Å². The number of esters is 1. The molecule has 0 heterocycles. The lowest BCUT2D eigenvalue weighted by Crippen LogP contribution is -2.11. The standard InChI is InChI=1S/C16H15ClO2/c1-2-19-16(18)15(17)14-11-7-6-10-13(14)12-8-4-3-5-9-12/h3-11,15H,2H2,1H3/t15-/m0/s1. The van der Waals surface area contributed by atoms with Crippen LogP contribution in [0.1, 0.15) is 17.9 Å². The van der Waals surface area contributed by atoms with Crippen LogP contribution in [-0.4, -0.2) is 12.6 Å². The van der Waals surface area contributed by atoms with Gasteiger partial charge in [-0.1, -0.05) is 54.6 Å². The molecule has 0 saturated carbocycles. The molecule has 19 heavy (non-hydrogen) atoms. The second kappa shape index (κ2) is 6.39. The maximum Gasteiger partial charge on any atom is 0.328 e. The Morgan fingerprint density at radius 1 is 1.11 bits per heavy atom. The van der Waals surface area contributed by atoms with Crippen LogP contribution in [0.5, 0.6) is 0 Å². The molecular weight excluding hydrogens is 260 g/mol. The highest BCUT2D eigenvalue weighted by Crippen LogP contribution is 2.32. The number of hydrogen-bond donors (Lipinski definition) is 0. The SMILES string of the molecule is CCOC(=O)[C@@H](Cl)c1ccccc1-c1ccccc1. The highest BCUT2D eigenvalue weighted by Gasteiger charge is 2.21. The minimum atomic E-state index is -0.781. The van der Waals surface area contributed by atoms with E-state index in [9.17, 15) is 4.79 Å². The van der Waals surface area contributed by atoms with Gasteiger partial charge in [0.15, 0.2) is 5.38 Å². The number of halogens is 1. The van der Waals surface area contributed by atoms with Crippen LogP contribution in [-0.2, 0) is 9.53 Å². The fraction of sp³-hybridized carbons (Fsp3) is 0.188. The van der Waals surface area contributed by atoms with Crippen LogP contribution in [0.4, 0.5) is 0 Å². The molecule has 2 aromatic rings. The van der Waals surface area contributed by atoms with Crippen molar-refractivity contribution in [3.05, 3.63) is 60.2 Å². The van der Waals surface area contributed by atoms with E-state index in [2.05, 4.69) is 0 Å². The summed E-state index contributed by atoms with van der Waals surface area (Å²) in [5, 5.41) is -0.781. The largest absolute Gasteiger partial charge is 0.465 e. The molecule has 0 bridgehead atoms. The lowest BCUT2D eigenvalue weighted by Gasteiger charge is -2.14. The highest BCUT2D eigenvalue weighted by atomic mass is 35.5. The molecule has 0 aliphatic rings. The van der Waals surface area contributed by atoms with E-state index in [1.807, 2.05) is 54.6 Å². The van der Waals surface area contributed by atoms with Gasteiger partial charge < -0.3 is 4.74 Å². The van der Waals surface area contributed by atoms with Gasteiger partial charge in [0.1, 0.15) is 0 Å². The predicted octanol–water partition coefficient (Wildman–Crippen LogP) is 4.20. The average molecular weight is 275 g/mol. The molecule has 2 nitrogen and oxygen atoms in total. The first-order valence-electron chi connectivity index (χ1n) is 6.19. The second-order valence-corrected chi connectivity index (χ2v) is 4.50. The summed E-state index contributed by atoms with van der Waals surface area (Å²) in [6, 6.07) is 17.5. The van der Waals surface area contributed by atoms with E-state index in [0.29, 0.717) is 6.61 Å². The number of carbonyl (C=O) groups is 1. The molecule has 0 spiro atoms. The molecule has 1 atom stereocenters. The molecule has 0 aromatic heterocycles. The number of carbonyl (C=O) groups excluding carboxylic acids is 1. The monoisotopic (exact) mass is 274 g/mol. The van der Waals surface area contributed by atoms with E-state index < -0.39 is 11.3 Å². The smallest absolute Gasteiger partial charge is 0.328 e. The summed E-state index contributed by atoms with van der Waals surface area (Å²) in [6.45, 7) is 2.10. The summed E-state index contributed by atoms with van der Waals surface area (Å²) < 4.78 is 4.98. The third-order valence-electron chi connectivity index (χ3n) is 2.81. The van der Waals surface area contributed by atoms with Crippen LogP contribution in [0.3, 0.4) is 0 Å². The van der Waals surface area contributed by atoms with Gasteiger partial charge in [-0.05, 0) is 23.6 Å². The zero-order chi connectivity index (χ0) is 13.7. The molecule has 0 radical (unpaired) electrons. The normalized spacial score (nSPS) is 11.9. The maximum absolute atomic E-state index is 11.8. The van der Waals surface area contributed by atoms with Gasteiger partial charge in [0.25, 0.3) is 0 Å². The summed E-state index contributed by atoms with van der Waals surface area (Å²) >= 11 is 6.22. The van der Waals surface area contributed by atoms with Gasteiger partial charge in [0.05, 0.1) is 6.61 Å². The van der Waals surface area contributed by atoms with Crippen molar-refractivity contribution in [2.75, 3.05) is 6.61 Å². The molecule has 98 valence electrons. The Bertz CT molecular complexity index is 552. The highest BCUT2D eigenvalue weighted by molar-refractivity contribution is 6.30. The Morgan fingerprint density at radius 3 is 2.42 bits per heavy atom. The third kappa shape index (κ3) is 3.15. The fourth-order valence-electron chi connectivity index (χ4n) is 1.94. The van der Waals surface area contributed by atoms with E-state index in [-0.39, 0.29) is 0 Å². The lowest BCUT2D eigenvalue weighted by atomic mass is 9.97. The summed E-state index contributed by atoms with van der Waals surface area (Å²) in [4.78, 5) is 11.8. The number of rotatable bonds is 4. The zero-order valence-corrected chi connectivity index (χ0v) is 11.4. The van der Waals surface area contributed by atoms with Crippen LogP contribution >= 0.6 is 11.6 Å². The van der Waals surface area contributed by atoms with Crippen molar-refractivity contribution in [1.29, 1.82) is 0 Å². The predicted molar refractivity (Wildman–Crippen MR) is 77.1 cm³/mol. The van der Waals surface area contributed by atoms with Crippen LogP contribution < -0.4 is 0 Å². The molecule has 0 amide bonds. The first-order valence-corrected chi connectivity index (χ1v) is 6.62. The zero-order valence-electron chi connectivity index (χ0n) is 10.7. The van der Waals surface area contributed by atoms with Crippen LogP contribution in [0, 0.1) is 0 Å². The fourth-order valence-corrected chi connectivity index (χ4v) is 2.19. The van der Waals surface area contributed by atoms with E-state index >= 15 is 0 Å². The Kier molecular flexibility index (Phi) is 4.58. The lowest BCUT2D eigenvalue weighted by molar-refractivity contribution is -0.142. The molecule has 2 aromatic carbocycles. The van der Waals surface area contributed by atoms with Crippen molar-refractivity contribution >= 4 is 17.6 Å². The van der Waals surface area contributed by atoms with Crippen LogP contribution in [0.2, 0.25) is 0 Å². The first kappa shape index (κ1) is 13.6. The first-order chi connectivity index (χ1) is 9.24. The number of ether oxygens (including phenoxy) is 1. The topological polar surface area (TPSA) is 26.3 Å². The van der Waals surface area contributed by atoms with Crippen molar-refractivity contribution in [2.24, 2.45) is 0 Å². The Labute approximate surface area is 118 Å². The van der Waals surface area contributed by atoms with Crippen LogP contribution in [0.15, 0.2) is 54.6 Å². The van der Waals surface area contributed by atoms with E-state index in [4.69, 9.17) is 16.3 Å². The molecule has 0 aliphatic carbocycles.